The van der Waals surface area contributed by atoms with Crippen LogP contribution in [0.25, 0.3) is 17.2 Å². The maximum absolute atomic E-state index is 12.7. The van der Waals surface area contributed by atoms with Crippen molar-refractivity contribution in [2.75, 3.05) is 13.2 Å². The number of phenols is 2. The van der Waals surface area contributed by atoms with Gasteiger partial charge < -0.3 is 14.9 Å². The molecule has 1 heterocycles. The molecule has 5 heteroatoms. The molecule has 0 aliphatic carbocycles. The zero-order valence-electron chi connectivity index (χ0n) is 25.3. The molecule has 0 saturated carbocycles. The molecule has 0 fully saturated rings. The summed E-state index contributed by atoms with van der Waals surface area (Å²) >= 11 is 0. The van der Waals surface area contributed by atoms with Gasteiger partial charge in [0.1, 0.15) is 5.75 Å². The highest BCUT2D eigenvalue weighted by Crippen LogP contribution is 2.30. The third kappa shape index (κ3) is 9.07. The van der Waals surface area contributed by atoms with E-state index in [0.29, 0.717) is 50.0 Å². The van der Waals surface area contributed by atoms with E-state index in [-0.39, 0.29) is 17.3 Å². The number of rotatable bonds is 16. The lowest BCUT2D eigenvalue weighted by Gasteiger charge is -2.14. The van der Waals surface area contributed by atoms with Gasteiger partial charge in [-0.05, 0) is 101 Å². The van der Waals surface area contributed by atoms with Gasteiger partial charge in [-0.2, -0.15) is 0 Å². The fourth-order valence-electron chi connectivity index (χ4n) is 5.37. The smallest absolute Gasteiger partial charge is 0.161 e. The Hall–Kier alpha value is -3.86. The van der Waals surface area contributed by atoms with Gasteiger partial charge in [-0.15, -0.1) is 0 Å². The lowest BCUT2D eigenvalue weighted by atomic mass is 9.92. The Bertz CT molecular complexity index is 1500. The number of ether oxygens (including phenoxy) is 1. The van der Waals surface area contributed by atoms with Crippen molar-refractivity contribution >= 4 is 11.9 Å². The van der Waals surface area contributed by atoms with Gasteiger partial charge in [0.25, 0.3) is 0 Å². The Balaban J connectivity index is 1.34. The maximum Gasteiger partial charge on any atom is 0.161 e. The highest BCUT2D eigenvalue weighted by molar-refractivity contribution is 5.89. The van der Waals surface area contributed by atoms with Crippen LogP contribution >= 0.6 is 0 Å². The van der Waals surface area contributed by atoms with E-state index in [1.54, 1.807) is 24.3 Å². The number of hydrogen-bond donors (Lipinski definition) is 2. The monoisotopic (exact) mass is 567 g/mol. The molecule has 5 nitrogen and oxygen atoms in total. The summed E-state index contributed by atoms with van der Waals surface area (Å²) in [6.07, 6.45) is 13.4. The maximum atomic E-state index is 12.7. The quantitative estimate of drug-likeness (QED) is 0.181. The van der Waals surface area contributed by atoms with Crippen LogP contribution in [0.5, 0.6) is 17.2 Å². The first-order valence-electron chi connectivity index (χ1n) is 15.4. The molecule has 222 valence electrons. The summed E-state index contributed by atoms with van der Waals surface area (Å²) in [5.41, 5.74) is 3.97. The largest absolute Gasteiger partial charge is 0.508 e. The van der Waals surface area contributed by atoms with E-state index in [2.05, 4.69) is 44.0 Å². The van der Waals surface area contributed by atoms with Crippen molar-refractivity contribution in [2.45, 2.75) is 72.1 Å². The van der Waals surface area contributed by atoms with Crippen molar-refractivity contribution < 1.29 is 19.7 Å². The van der Waals surface area contributed by atoms with Crippen molar-refractivity contribution in [2.24, 2.45) is 16.8 Å². The molecule has 0 unspecified atom stereocenters. The molecular formula is C37H45NO4. The number of aromatic hydroxyl groups is 2. The molecule has 0 bridgehead atoms. The summed E-state index contributed by atoms with van der Waals surface area (Å²) in [6.45, 7) is 7.76. The van der Waals surface area contributed by atoms with E-state index >= 15 is 0 Å². The Morgan fingerprint density at radius 1 is 1.00 bits per heavy atom. The molecule has 42 heavy (non-hydrogen) atoms. The van der Waals surface area contributed by atoms with Crippen LogP contribution in [0.15, 0.2) is 71.7 Å². The second kappa shape index (κ2) is 15.4. The summed E-state index contributed by atoms with van der Waals surface area (Å²) in [4.78, 5) is 17.1. The van der Waals surface area contributed by atoms with E-state index in [1.165, 1.54) is 19.3 Å². The number of aryl methyl sites for hydroxylation is 1. The highest BCUT2D eigenvalue weighted by Gasteiger charge is 2.11. The van der Waals surface area contributed by atoms with E-state index in [1.807, 2.05) is 30.3 Å². The predicted molar refractivity (Wildman–Crippen MR) is 171 cm³/mol. The zero-order valence-corrected chi connectivity index (χ0v) is 25.3. The Labute approximate surface area is 250 Å². The Morgan fingerprint density at radius 3 is 2.67 bits per heavy atom. The highest BCUT2D eigenvalue weighted by atomic mass is 16.5. The van der Waals surface area contributed by atoms with Gasteiger partial charge >= 0.3 is 0 Å². The molecule has 4 rings (SSSR count). The number of benzene rings is 3. The molecule has 0 radical (unpaired) electrons. The average Bonchev–Trinajstić information content (AvgIpc) is 3.45. The summed E-state index contributed by atoms with van der Waals surface area (Å²) in [6, 6.07) is 16.8. The summed E-state index contributed by atoms with van der Waals surface area (Å²) in [5.74, 6) is 1.98. The summed E-state index contributed by atoms with van der Waals surface area (Å²) < 4.78 is 6.01. The van der Waals surface area contributed by atoms with Crippen LogP contribution in [0.1, 0.15) is 70.4 Å². The first kappa shape index (κ1) is 31.1. The van der Waals surface area contributed by atoms with E-state index in [4.69, 9.17) is 4.74 Å². The second-order valence-corrected chi connectivity index (χ2v) is 11.8. The zero-order chi connectivity index (χ0) is 29.9. The molecule has 0 amide bonds. The molecule has 2 N–H and O–H groups in total. The van der Waals surface area contributed by atoms with Gasteiger partial charge in [0.05, 0.1) is 18.5 Å². The Kier molecular flexibility index (Phi) is 11.4. The van der Waals surface area contributed by atoms with Gasteiger partial charge in [0, 0.05) is 12.8 Å². The standard InChI is InChI=1S/C37H45NO4/c1-4-5-6-27(8-7-26(2)3)9-14-32(39)15-10-28-11-18-36(41)37(23-28)42-22-20-29-12-16-33(40)25-34(29)30-13-17-35-31(24-30)19-21-38-35/h9,11-14,16-19,23-27,40-41H,4-8,10,15,20-22H2,1-3H3/b14-9+/t27-/m0/s1. The summed E-state index contributed by atoms with van der Waals surface area (Å²) in [5, 5.41) is 22.7. The van der Waals surface area contributed by atoms with E-state index in [0.717, 1.165) is 45.7 Å². The molecule has 3 aromatic rings. The van der Waals surface area contributed by atoms with Crippen molar-refractivity contribution in [1.29, 1.82) is 0 Å². The minimum Gasteiger partial charge on any atom is -0.508 e. The lowest BCUT2D eigenvalue weighted by molar-refractivity contribution is -0.114. The Morgan fingerprint density at radius 2 is 1.86 bits per heavy atom. The molecule has 1 aliphatic rings. The average molecular weight is 568 g/mol. The molecule has 0 spiro atoms. The third-order valence-corrected chi connectivity index (χ3v) is 7.92. The van der Waals surface area contributed by atoms with Crippen LogP contribution in [0.4, 0.5) is 0 Å². The molecule has 1 atom stereocenters. The van der Waals surface area contributed by atoms with Crippen molar-refractivity contribution in [3.05, 3.63) is 88.5 Å². The number of unbranched alkanes of at least 4 members (excludes halogenated alkanes) is 1. The SMILES string of the molecule is CCCC[C@H](/C=C/C(=O)CCc1ccc(O)c(OCCc2ccc(O)cc2-c2ccc3c(c2)=CCN=3)c1)CCC(C)C. The number of allylic oxidation sites excluding steroid dienone is 2. The van der Waals surface area contributed by atoms with Crippen molar-refractivity contribution in [3.8, 4) is 28.4 Å². The first-order chi connectivity index (χ1) is 20.3. The number of nitrogens with zero attached hydrogens (tertiary/aromatic N) is 1. The third-order valence-electron chi connectivity index (χ3n) is 7.92. The number of carbonyl (C=O) groups excluding carboxylic acids is 1. The normalized spacial score (nSPS) is 13.1. The topological polar surface area (TPSA) is 79.1 Å². The number of ketones is 1. The minimum absolute atomic E-state index is 0.0812. The van der Waals surface area contributed by atoms with Gasteiger partial charge in [-0.25, -0.2) is 0 Å². The molecule has 0 saturated heterocycles. The van der Waals surface area contributed by atoms with Crippen LogP contribution in [-0.4, -0.2) is 29.1 Å². The van der Waals surface area contributed by atoms with Crippen molar-refractivity contribution in [1.82, 2.24) is 0 Å². The van der Waals surface area contributed by atoms with Crippen LogP contribution < -0.4 is 15.3 Å². The van der Waals surface area contributed by atoms with E-state index < -0.39 is 0 Å². The predicted octanol–water partition coefficient (Wildman–Crippen LogP) is 7.10. The molecule has 3 aromatic carbocycles. The molecule has 1 aliphatic heterocycles. The van der Waals surface area contributed by atoms with Gasteiger partial charge in [0.2, 0.25) is 0 Å². The molecular weight excluding hydrogens is 522 g/mol. The number of fused-ring (bicyclic) bond motifs is 1. The first-order valence-corrected chi connectivity index (χ1v) is 15.4. The lowest BCUT2D eigenvalue weighted by Crippen LogP contribution is -2.20. The number of hydrogen-bond acceptors (Lipinski definition) is 5. The minimum atomic E-state index is 0.0812. The van der Waals surface area contributed by atoms with Crippen molar-refractivity contribution in [3.63, 3.8) is 0 Å². The van der Waals surface area contributed by atoms with Crippen LogP contribution in [0, 0.1) is 11.8 Å². The second-order valence-electron chi connectivity index (χ2n) is 11.8. The fraction of sp³-hybridized carbons (Fsp3) is 0.405. The van der Waals surface area contributed by atoms with Crippen LogP contribution in [0.3, 0.4) is 0 Å². The number of carbonyl (C=O) groups is 1. The van der Waals surface area contributed by atoms with Gasteiger partial charge in [-0.1, -0.05) is 70.4 Å². The van der Waals surface area contributed by atoms with Gasteiger partial charge in [0.15, 0.2) is 17.3 Å². The number of phenolic OH excluding ortho intramolecular Hbond substituents is 2. The van der Waals surface area contributed by atoms with E-state index in [9.17, 15) is 15.0 Å². The molecule has 0 aromatic heterocycles. The van der Waals surface area contributed by atoms with Crippen LogP contribution in [0.2, 0.25) is 0 Å². The summed E-state index contributed by atoms with van der Waals surface area (Å²) in [7, 11) is 0. The van der Waals surface area contributed by atoms with Crippen LogP contribution in [-0.2, 0) is 17.6 Å². The fourth-order valence-corrected chi connectivity index (χ4v) is 5.37. The van der Waals surface area contributed by atoms with Gasteiger partial charge in [-0.3, -0.25) is 9.79 Å².